The fourth-order valence-electron chi connectivity index (χ4n) is 5.83. The Morgan fingerprint density at radius 2 is 1.67 bits per heavy atom. The van der Waals surface area contributed by atoms with Crippen LogP contribution in [0.1, 0.15) is 60.3 Å². The number of fused-ring (bicyclic) bond motifs is 2. The molecular formula is C18H32O3. The Labute approximate surface area is 129 Å². The Balaban J connectivity index is 2.06. The van der Waals surface area contributed by atoms with Crippen LogP contribution < -0.4 is 0 Å². The van der Waals surface area contributed by atoms with Gasteiger partial charge in [0, 0.05) is 12.3 Å². The van der Waals surface area contributed by atoms with Crippen LogP contribution in [0, 0.1) is 28.6 Å². The Morgan fingerprint density at radius 1 is 1.05 bits per heavy atom. The van der Waals surface area contributed by atoms with Gasteiger partial charge in [-0.05, 0) is 48.9 Å². The van der Waals surface area contributed by atoms with Crippen molar-refractivity contribution in [1.29, 1.82) is 0 Å². The maximum Gasteiger partial charge on any atom is 0.172 e. The average molecular weight is 296 g/mol. The molecule has 2 aliphatic carbocycles. The van der Waals surface area contributed by atoms with E-state index < -0.39 is 0 Å². The zero-order valence-electron chi connectivity index (χ0n) is 14.3. The van der Waals surface area contributed by atoms with Gasteiger partial charge in [-0.1, -0.05) is 27.7 Å². The molecule has 0 amide bonds. The van der Waals surface area contributed by atoms with Gasteiger partial charge in [-0.15, -0.1) is 0 Å². The summed E-state index contributed by atoms with van der Waals surface area (Å²) in [7, 11) is 0. The smallest absolute Gasteiger partial charge is 0.172 e. The van der Waals surface area contributed by atoms with E-state index in [0.29, 0.717) is 17.8 Å². The standard InChI is InChI=1S/C18H32O3/c1-12-6-7-17(13(2)14(3)19)8-9-18(20-10-11-21-18)15(17)16(12,4)5/h12-15,19H,6-11H2,1-5H3/t12-,13?,14-,15?,17?/m1/s1. The fourth-order valence-corrected chi connectivity index (χ4v) is 5.83. The minimum atomic E-state index is -0.388. The molecule has 0 radical (unpaired) electrons. The molecule has 1 N–H and O–H groups in total. The Kier molecular flexibility index (Phi) is 3.71. The summed E-state index contributed by atoms with van der Waals surface area (Å²) < 4.78 is 12.4. The number of hydrogen-bond donors (Lipinski definition) is 1. The molecule has 1 heterocycles. The van der Waals surface area contributed by atoms with Crippen molar-refractivity contribution in [2.75, 3.05) is 13.2 Å². The van der Waals surface area contributed by atoms with E-state index in [1.165, 1.54) is 12.8 Å². The molecule has 0 aromatic heterocycles. The highest BCUT2D eigenvalue weighted by molar-refractivity contribution is 5.13. The first-order chi connectivity index (χ1) is 9.76. The van der Waals surface area contributed by atoms with Crippen molar-refractivity contribution in [3.63, 3.8) is 0 Å². The van der Waals surface area contributed by atoms with E-state index in [1.807, 2.05) is 6.92 Å². The topological polar surface area (TPSA) is 38.7 Å². The van der Waals surface area contributed by atoms with Crippen molar-refractivity contribution < 1.29 is 14.6 Å². The number of aliphatic hydroxyl groups is 1. The van der Waals surface area contributed by atoms with Crippen molar-refractivity contribution in [1.82, 2.24) is 0 Å². The lowest BCUT2D eigenvalue weighted by atomic mass is 9.49. The predicted molar refractivity (Wildman–Crippen MR) is 82.8 cm³/mol. The summed E-state index contributed by atoms with van der Waals surface area (Å²) in [5.74, 6) is 0.954. The largest absolute Gasteiger partial charge is 0.393 e. The maximum atomic E-state index is 10.3. The van der Waals surface area contributed by atoms with Gasteiger partial charge >= 0.3 is 0 Å². The van der Waals surface area contributed by atoms with E-state index in [1.54, 1.807) is 0 Å². The van der Waals surface area contributed by atoms with Gasteiger partial charge < -0.3 is 14.6 Å². The first-order valence-electron chi connectivity index (χ1n) is 8.72. The minimum Gasteiger partial charge on any atom is -0.393 e. The van der Waals surface area contributed by atoms with Gasteiger partial charge in [0.2, 0.25) is 0 Å². The zero-order chi connectivity index (χ0) is 15.5. The second-order valence-electron chi connectivity index (χ2n) is 8.47. The molecule has 1 aliphatic heterocycles. The minimum absolute atomic E-state index is 0.161. The molecule has 5 atom stereocenters. The zero-order valence-corrected chi connectivity index (χ0v) is 14.3. The lowest BCUT2D eigenvalue weighted by Crippen LogP contribution is -2.57. The van der Waals surface area contributed by atoms with Crippen LogP contribution >= 0.6 is 0 Å². The Bertz CT molecular complexity index is 397. The van der Waals surface area contributed by atoms with E-state index in [2.05, 4.69) is 27.7 Å². The van der Waals surface area contributed by atoms with Crippen LogP contribution in [0.25, 0.3) is 0 Å². The van der Waals surface area contributed by atoms with Crippen molar-refractivity contribution in [2.24, 2.45) is 28.6 Å². The molecule has 3 nitrogen and oxygen atoms in total. The van der Waals surface area contributed by atoms with Crippen molar-refractivity contribution in [3.8, 4) is 0 Å². The molecule has 0 bridgehead atoms. The molecule has 3 heteroatoms. The van der Waals surface area contributed by atoms with E-state index in [-0.39, 0.29) is 22.7 Å². The van der Waals surface area contributed by atoms with Crippen molar-refractivity contribution >= 4 is 0 Å². The van der Waals surface area contributed by atoms with Gasteiger partial charge in [-0.3, -0.25) is 0 Å². The SMILES string of the molecule is CC([C@@H](C)O)C12CC[C@@H](C)C(C)(C)C1C1(CC2)OCCO1. The molecule has 1 saturated heterocycles. The normalized spacial score (nSPS) is 43.7. The second-order valence-corrected chi connectivity index (χ2v) is 8.47. The van der Waals surface area contributed by atoms with Crippen LogP contribution in [-0.4, -0.2) is 30.2 Å². The lowest BCUT2D eigenvalue weighted by Gasteiger charge is -2.58. The summed E-state index contributed by atoms with van der Waals surface area (Å²) in [5, 5.41) is 10.3. The van der Waals surface area contributed by atoms with Crippen LogP contribution in [-0.2, 0) is 9.47 Å². The summed E-state index contributed by atoms with van der Waals surface area (Å²) in [4.78, 5) is 0. The van der Waals surface area contributed by atoms with Gasteiger partial charge in [-0.25, -0.2) is 0 Å². The molecule has 3 aliphatic rings. The second kappa shape index (κ2) is 4.94. The van der Waals surface area contributed by atoms with Crippen molar-refractivity contribution in [2.45, 2.75) is 72.2 Å². The molecule has 0 aromatic rings. The Hall–Kier alpha value is -0.120. The van der Waals surface area contributed by atoms with Crippen molar-refractivity contribution in [3.05, 3.63) is 0 Å². The van der Waals surface area contributed by atoms with E-state index in [9.17, 15) is 5.11 Å². The highest BCUT2D eigenvalue weighted by Crippen LogP contribution is 2.69. The molecule has 3 rings (SSSR count). The molecule has 122 valence electrons. The third-order valence-electron chi connectivity index (χ3n) is 7.42. The summed E-state index contributed by atoms with van der Waals surface area (Å²) in [5.41, 5.74) is 0.344. The number of aliphatic hydroxyl groups excluding tert-OH is 1. The third-order valence-corrected chi connectivity index (χ3v) is 7.42. The molecule has 0 aromatic carbocycles. The highest BCUT2D eigenvalue weighted by atomic mass is 16.7. The molecule has 3 unspecified atom stereocenters. The van der Waals surface area contributed by atoms with Gasteiger partial charge in [-0.2, -0.15) is 0 Å². The van der Waals surface area contributed by atoms with E-state index in [0.717, 1.165) is 26.1 Å². The van der Waals surface area contributed by atoms with Crippen LogP contribution in [0.2, 0.25) is 0 Å². The summed E-state index contributed by atoms with van der Waals surface area (Å²) in [6.45, 7) is 12.8. The number of rotatable bonds is 2. The maximum absolute atomic E-state index is 10.3. The molecule has 1 spiro atoms. The van der Waals surface area contributed by atoms with Crippen LogP contribution in [0.15, 0.2) is 0 Å². The molecular weight excluding hydrogens is 264 g/mol. The predicted octanol–water partition coefficient (Wildman–Crippen LogP) is 3.60. The summed E-state index contributed by atoms with van der Waals surface area (Å²) >= 11 is 0. The van der Waals surface area contributed by atoms with Gasteiger partial charge in [0.15, 0.2) is 5.79 Å². The number of ether oxygens (including phenoxy) is 2. The molecule has 2 saturated carbocycles. The average Bonchev–Trinajstić information content (AvgIpc) is 3.01. The first-order valence-corrected chi connectivity index (χ1v) is 8.72. The number of hydrogen-bond acceptors (Lipinski definition) is 3. The van der Waals surface area contributed by atoms with E-state index >= 15 is 0 Å². The lowest BCUT2D eigenvalue weighted by molar-refractivity contribution is -0.247. The van der Waals surface area contributed by atoms with E-state index in [4.69, 9.17) is 9.47 Å². The van der Waals surface area contributed by atoms with Gasteiger partial charge in [0.1, 0.15) is 0 Å². The molecule has 21 heavy (non-hydrogen) atoms. The van der Waals surface area contributed by atoms with Crippen LogP contribution in [0.5, 0.6) is 0 Å². The monoisotopic (exact) mass is 296 g/mol. The van der Waals surface area contributed by atoms with Crippen LogP contribution in [0.4, 0.5) is 0 Å². The highest BCUT2D eigenvalue weighted by Gasteiger charge is 2.68. The van der Waals surface area contributed by atoms with Crippen LogP contribution in [0.3, 0.4) is 0 Å². The first kappa shape index (κ1) is 15.8. The third kappa shape index (κ3) is 2.04. The summed E-state index contributed by atoms with van der Waals surface area (Å²) in [6, 6.07) is 0. The van der Waals surface area contributed by atoms with Gasteiger partial charge in [0.05, 0.1) is 19.3 Å². The Morgan fingerprint density at radius 3 is 2.24 bits per heavy atom. The quantitative estimate of drug-likeness (QED) is 0.846. The fraction of sp³-hybridized carbons (Fsp3) is 1.00. The van der Waals surface area contributed by atoms with Gasteiger partial charge in [0.25, 0.3) is 0 Å². The summed E-state index contributed by atoms with van der Waals surface area (Å²) in [6.07, 6.45) is 4.29. The molecule has 3 fully saturated rings.